The van der Waals surface area contributed by atoms with Crippen LogP contribution in [0.2, 0.25) is 0 Å². The van der Waals surface area contributed by atoms with E-state index in [-0.39, 0.29) is 41.2 Å². The van der Waals surface area contributed by atoms with E-state index in [2.05, 4.69) is 9.97 Å². The number of halogens is 4. The second-order valence-electron chi connectivity index (χ2n) is 9.95. The van der Waals surface area contributed by atoms with Crippen LogP contribution >= 0.6 is 0 Å². The number of hydrogen-bond donors (Lipinski definition) is 1. The van der Waals surface area contributed by atoms with E-state index in [1.54, 1.807) is 13.0 Å². The maximum atomic E-state index is 14.8. The minimum atomic E-state index is -4.79. The second-order valence-corrected chi connectivity index (χ2v) is 9.95. The molecule has 1 fully saturated rings. The highest BCUT2D eigenvalue weighted by atomic mass is 19.4. The third-order valence-corrected chi connectivity index (χ3v) is 7.27. The number of carbonyl (C=O) groups is 1. The van der Waals surface area contributed by atoms with Crippen molar-refractivity contribution in [1.29, 1.82) is 0 Å². The van der Waals surface area contributed by atoms with Gasteiger partial charge < -0.3 is 14.6 Å². The van der Waals surface area contributed by atoms with Crippen molar-refractivity contribution >= 4 is 5.97 Å². The highest BCUT2D eigenvalue weighted by Crippen LogP contribution is 2.41. The fourth-order valence-electron chi connectivity index (χ4n) is 5.05. The van der Waals surface area contributed by atoms with Crippen molar-refractivity contribution in [2.24, 2.45) is 5.92 Å². The molecular weight excluding hydrogens is 504 g/mol. The molecule has 1 saturated carbocycles. The first kappa shape index (κ1) is 25.9. The molecule has 0 saturated heterocycles. The lowest BCUT2D eigenvalue weighted by molar-refractivity contribution is -0.140. The monoisotopic (exact) mass is 530 g/mol. The molecule has 1 unspecified atom stereocenters. The Kier molecular flexibility index (Phi) is 6.75. The smallest absolute Gasteiger partial charge is 0.417 e. The van der Waals surface area contributed by atoms with E-state index in [4.69, 9.17) is 9.47 Å². The fraction of sp³-hybridized carbons (Fsp3) is 0.393. The van der Waals surface area contributed by atoms with E-state index in [0.717, 1.165) is 30.9 Å². The second kappa shape index (κ2) is 9.89. The number of carboxylic acids is 1. The molecule has 2 atom stereocenters. The Balaban J connectivity index is 1.42. The Bertz CT molecular complexity index is 1390. The van der Waals surface area contributed by atoms with Gasteiger partial charge in [-0.3, -0.25) is 4.79 Å². The molecule has 0 aliphatic heterocycles. The van der Waals surface area contributed by atoms with Crippen LogP contribution in [0.4, 0.5) is 17.6 Å². The van der Waals surface area contributed by atoms with Crippen LogP contribution < -0.4 is 9.47 Å². The third kappa shape index (κ3) is 5.04. The molecule has 2 aliphatic rings. The summed E-state index contributed by atoms with van der Waals surface area (Å²) in [6.07, 6.45) is 0.141. The lowest BCUT2D eigenvalue weighted by Crippen LogP contribution is -2.25. The van der Waals surface area contributed by atoms with Crippen molar-refractivity contribution in [3.8, 4) is 22.9 Å². The van der Waals surface area contributed by atoms with Crippen LogP contribution in [0.15, 0.2) is 36.5 Å². The first-order chi connectivity index (χ1) is 18.0. The number of rotatable bonds is 7. The zero-order valence-corrected chi connectivity index (χ0v) is 20.8. The van der Waals surface area contributed by atoms with E-state index in [0.29, 0.717) is 29.6 Å². The number of pyridine rings is 2. The predicted octanol–water partition coefficient (Wildman–Crippen LogP) is 6.48. The molecule has 2 aliphatic carbocycles. The van der Waals surface area contributed by atoms with Gasteiger partial charge in [-0.2, -0.15) is 13.2 Å². The molecule has 6 nitrogen and oxygen atoms in total. The summed E-state index contributed by atoms with van der Waals surface area (Å²) < 4.78 is 67.9. The average molecular weight is 531 g/mol. The Hall–Kier alpha value is -3.69. The van der Waals surface area contributed by atoms with Crippen LogP contribution in [-0.4, -0.2) is 27.1 Å². The summed E-state index contributed by atoms with van der Waals surface area (Å²) >= 11 is 0. The zero-order valence-electron chi connectivity index (χ0n) is 20.8. The largest absolute Gasteiger partial charge is 0.481 e. The number of hydrogen-bond acceptors (Lipinski definition) is 5. The molecule has 1 N–H and O–H groups in total. The Morgan fingerprint density at radius 2 is 1.89 bits per heavy atom. The summed E-state index contributed by atoms with van der Waals surface area (Å²) in [6.45, 7) is 3.06. The van der Waals surface area contributed by atoms with E-state index < -0.39 is 29.4 Å². The normalized spacial score (nSPS) is 19.1. The predicted molar refractivity (Wildman–Crippen MR) is 129 cm³/mol. The number of fused-ring (bicyclic) bond motifs is 1. The van der Waals surface area contributed by atoms with Gasteiger partial charge in [0.25, 0.3) is 0 Å². The molecule has 3 aromatic rings. The molecule has 0 spiro atoms. The summed E-state index contributed by atoms with van der Waals surface area (Å²) in [5, 5.41) is 9.48. The van der Waals surface area contributed by atoms with Crippen molar-refractivity contribution in [3.63, 3.8) is 0 Å². The Morgan fingerprint density at radius 1 is 1.13 bits per heavy atom. The molecule has 200 valence electrons. The van der Waals surface area contributed by atoms with E-state index in [1.165, 1.54) is 18.3 Å². The molecule has 5 rings (SSSR count). The number of aromatic nitrogens is 2. The van der Waals surface area contributed by atoms with Gasteiger partial charge >= 0.3 is 12.1 Å². The SMILES string of the molecule is Cc1nc(OC2CCC2)ccc1-c1cc(COc2cc3c(cn2)[C@@H](C(=O)O)C(C)C3)c(F)cc1C(F)(F)F. The van der Waals surface area contributed by atoms with Crippen LogP contribution in [-0.2, 0) is 24.0 Å². The highest BCUT2D eigenvalue weighted by Gasteiger charge is 2.37. The molecule has 0 amide bonds. The topological polar surface area (TPSA) is 81.5 Å². The minimum Gasteiger partial charge on any atom is -0.481 e. The lowest BCUT2D eigenvalue weighted by atomic mass is 9.95. The summed E-state index contributed by atoms with van der Waals surface area (Å²) in [4.78, 5) is 20.0. The molecule has 1 aromatic carbocycles. The minimum absolute atomic E-state index is 0.0686. The number of aliphatic carboxylic acids is 1. The average Bonchev–Trinajstić information content (AvgIpc) is 3.15. The van der Waals surface area contributed by atoms with E-state index >= 15 is 0 Å². The summed E-state index contributed by atoms with van der Waals surface area (Å²) in [6, 6.07) is 6.24. The van der Waals surface area contributed by atoms with Crippen molar-refractivity contribution in [2.75, 3.05) is 0 Å². The Labute approximate surface area is 216 Å². The van der Waals surface area contributed by atoms with Gasteiger partial charge in [0, 0.05) is 35.2 Å². The van der Waals surface area contributed by atoms with Gasteiger partial charge in [-0.1, -0.05) is 6.92 Å². The van der Waals surface area contributed by atoms with E-state index in [9.17, 15) is 27.5 Å². The van der Waals surface area contributed by atoms with Crippen LogP contribution in [0.3, 0.4) is 0 Å². The molecule has 0 radical (unpaired) electrons. The van der Waals surface area contributed by atoms with Gasteiger partial charge in [-0.15, -0.1) is 0 Å². The quantitative estimate of drug-likeness (QED) is 0.352. The van der Waals surface area contributed by atoms with E-state index in [1.807, 2.05) is 6.92 Å². The molecule has 10 heteroatoms. The first-order valence-corrected chi connectivity index (χ1v) is 12.4. The third-order valence-electron chi connectivity index (χ3n) is 7.27. The zero-order chi connectivity index (χ0) is 27.2. The Morgan fingerprint density at radius 3 is 2.53 bits per heavy atom. The van der Waals surface area contributed by atoms with Gasteiger partial charge in [-0.05, 0) is 73.4 Å². The number of alkyl halides is 3. The maximum absolute atomic E-state index is 14.8. The van der Waals surface area contributed by atoms with Crippen molar-refractivity contribution in [2.45, 2.75) is 64.3 Å². The molecule has 0 bridgehead atoms. The number of benzene rings is 1. The van der Waals surface area contributed by atoms with Gasteiger partial charge in [0.1, 0.15) is 18.5 Å². The van der Waals surface area contributed by atoms with Crippen molar-refractivity contribution in [3.05, 3.63) is 70.3 Å². The fourth-order valence-corrected chi connectivity index (χ4v) is 5.05. The van der Waals surface area contributed by atoms with Crippen molar-refractivity contribution in [1.82, 2.24) is 9.97 Å². The first-order valence-electron chi connectivity index (χ1n) is 12.4. The van der Waals surface area contributed by atoms with Crippen molar-refractivity contribution < 1.29 is 36.9 Å². The molecule has 38 heavy (non-hydrogen) atoms. The molecule has 2 heterocycles. The standard InChI is InChI=1S/C28H26F4N2O4/c1-14-8-16-10-25(33-12-21(16)26(14)27(35)36)37-13-17-9-20(22(11-23(17)29)28(30,31)32)19-6-7-24(34-15(19)2)38-18-4-3-5-18/h6-7,9-12,14,18,26H,3-5,8,13H2,1-2H3,(H,35,36)/t14?,26-/m0/s1. The van der Waals surface area contributed by atoms with Crippen LogP contribution in [0.1, 0.15) is 60.1 Å². The van der Waals surface area contributed by atoms with Crippen LogP contribution in [0.5, 0.6) is 11.8 Å². The number of nitrogens with zero attached hydrogens (tertiary/aromatic N) is 2. The summed E-state index contributed by atoms with van der Waals surface area (Å²) in [5.41, 5.74) is 0.513. The maximum Gasteiger partial charge on any atom is 0.417 e. The van der Waals surface area contributed by atoms with Gasteiger partial charge in [-0.25, -0.2) is 14.4 Å². The van der Waals surface area contributed by atoms with Gasteiger partial charge in [0.2, 0.25) is 11.8 Å². The van der Waals surface area contributed by atoms with Crippen LogP contribution in [0.25, 0.3) is 11.1 Å². The molecule has 2 aromatic heterocycles. The molecular formula is C28H26F4N2O4. The summed E-state index contributed by atoms with van der Waals surface area (Å²) in [7, 11) is 0. The number of aryl methyl sites for hydroxylation is 1. The summed E-state index contributed by atoms with van der Waals surface area (Å²) in [5.74, 6) is -2.29. The highest BCUT2D eigenvalue weighted by molar-refractivity contribution is 5.78. The van der Waals surface area contributed by atoms with Gasteiger partial charge in [0.15, 0.2) is 0 Å². The van der Waals surface area contributed by atoms with Crippen LogP contribution in [0, 0.1) is 18.7 Å². The number of carboxylic acid groups (broad SMARTS) is 1. The van der Waals surface area contributed by atoms with Gasteiger partial charge in [0.05, 0.1) is 11.5 Å². The number of ether oxygens (including phenoxy) is 2. The lowest BCUT2D eigenvalue weighted by Gasteiger charge is -2.26.